The van der Waals surface area contributed by atoms with Crippen LogP contribution in [0.5, 0.6) is 11.5 Å². The van der Waals surface area contributed by atoms with Gasteiger partial charge in [0.1, 0.15) is 11.5 Å². The minimum absolute atomic E-state index is 0.0418. The van der Waals surface area contributed by atoms with Crippen molar-refractivity contribution >= 4 is 0 Å². The predicted molar refractivity (Wildman–Crippen MR) is 39.6 cm³/mol. The first-order valence-electron chi connectivity index (χ1n) is 3.47. The predicted octanol–water partition coefficient (Wildman–Crippen LogP) is 2.33. The maximum absolute atomic E-state index is 12.3. The number of aromatic hydroxyl groups is 1. The van der Waals surface area contributed by atoms with E-state index < -0.39 is 12.8 Å². The van der Waals surface area contributed by atoms with E-state index in [0.29, 0.717) is 0 Å². The van der Waals surface area contributed by atoms with Crippen LogP contribution in [-0.4, -0.2) is 17.9 Å². The molecular weight excluding hydrogens is 185 g/mol. The first kappa shape index (κ1) is 9.70. The van der Waals surface area contributed by atoms with E-state index in [1.807, 2.05) is 0 Å². The van der Waals surface area contributed by atoms with Crippen molar-refractivity contribution in [3.8, 4) is 11.5 Å². The third-order valence-corrected chi connectivity index (χ3v) is 1.28. The van der Waals surface area contributed by atoms with E-state index in [9.17, 15) is 13.2 Å². The van der Waals surface area contributed by atoms with Gasteiger partial charge in [-0.2, -0.15) is 4.39 Å². The number of ether oxygens (including phenoxy) is 1. The number of benzene rings is 1. The van der Waals surface area contributed by atoms with E-state index in [2.05, 4.69) is 4.74 Å². The fourth-order valence-corrected chi connectivity index (χ4v) is 0.706. The summed E-state index contributed by atoms with van der Waals surface area (Å²) in [6.45, 7) is 0. The van der Waals surface area contributed by atoms with Crippen LogP contribution in [0, 0.1) is 0 Å². The van der Waals surface area contributed by atoms with Gasteiger partial charge in [-0.15, -0.1) is 0 Å². The van der Waals surface area contributed by atoms with Crippen LogP contribution in [-0.2, 0) is 0 Å². The largest absolute Gasteiger partial charge is 0.508 e. The van der Waals surface area contributed by atoms with E-state index in [-0.39, 0.29) is 11.5 Å². The van der Waals surface area contributed by atoms with Gasteiger partial charge < -0.3 is 9.84 Å². The number of rotatable bonds is 3. The maximum Gasteiger partial charge on any atom is 0.304 e. The van der Waals surface area contributed by atoms with Crippen molar-refractivity contribution < 1.29 is 23.0 Å². The Morgan fingerprint density at radius 3 is 2.08 bits per heavy atom. The van der Waals surface area contributed by atoms with Crippen molar-refractivity contribution in [1.29, 1.82) is 0 Å². The van der Waals surface area contributed by atoms with E-state index >= 15 is 0 Å². The molecule has 0 saturated heterocycles. The second-order valence-corrected chi connectivity index (χ2v) is 2.30. The van der Waals surface area contributed by atoms with E-state index in [1.165, 1.54) is 24.3 Å². The van der Waals surface area contributed by atoms with Gasteiger partial charge in [0.15, 0.2) is 0 Å². The van der Waals surface area contributed by atoms with Gasteiger partial charge in [-0.25, -0.2) is 8.78 Å². The molecule has 1 atom stereocenters. The van der Waals surface area contributed by atoms with Gasteiger partial charge in [0, 0.05) is 0 Å². The molecular formula is C8H7F3O2. The second-order valence-electron chi connectivity index (χ2n) is 2.30. The van der Waals surface area contributed by atoms with Crippen molar-refractivity contribution in [2.45, 2.75) is 12.8 Å². The molecule has 1 unspecified atom stereocenters. The SMILES string of the molecule is Oc1ccc(OC(F)C(F)F)cc1. The van der Waals surface area contributed by atoms with Crippen molar-refractivity contribution in [2.24, 2.45) is 0 Å². The lowest BCUT2D eigenvalue weighted by molar-refractivity contribution is -0.0669. The number of phenolic OH excluding ortho intramolecular Hbond substituents is 1. The quantitative estimate of drug-likeness (QED) is 0.796. The average molecular weight is 192 g/mol. The molecule has 1 N–H and O–H groups in total. The molecule has 0 radical (unpaired) electrons. The molecule has 1 aromatic rings. The van der Waals surface area contributed by atoms with Crippen LogP contribution in [0.1, 0.15) is 0 Å². The van der Waals surface area contributed by atoms with E-state index in [0.717, 1.165) is 0 Å². The number of phenols is 1. The first-order chi connectivity index (χ1) is 6.09. The second kappa shape index (κ2) is 4.02. The summed E-state index contributed by atoms with van der Waals surface area (Å²) in [7, 11) is 0. The summed E-state index contributed by atoms with van der Waals surface area (Å²) >= 11 is 0. The van der Waals surface area contributed by atoms with Gasteiger partial charge in [-0.3, -0.25) is 0 Å². The lowest BCUT2D eigenvalue weighted by Gasteiger charge is -2.09. The Kier molecular flexibility index (Phi) is 3.00. The summed E-state index contributed by atoms with van der Waals surface area (Å²) in [5, 5.41) is 8.80. The van der Waals surface area contributed by atoms with Gasteiger partial charge >= 0.3 is 6.43 Å². The molecule has 2 nitrogen and oxygen atoms in total. The lowest BCUT2D eigenvalue weighted by atomic mass is 10.3. The zero-order chi connectivity index (χ0) is 9.84. The molecule has 72 valence electrons. The van der Waals surface area contributed by atoms with Crippen molar-refractivity contribution in [2.75, 3.05) is 0 Å². The fraction of sp³-hybridized carbons (Fsp3) is 0.250. The summed E-state index contributed by atoms with van der Waals surface area (Å²) in [6, 6.07) is 4.83. The molecule has 0 aliphatic rings. The molecule has 1 aromatic carbocycles. The van der Waals surface area contributed by atoms with Crippen LogP contribution in [0.3, 0.4) is 0 Å². The third-order valence-electron chi connectivity index (χ3n) is 1.28. The Morgan fingerprint density at radius 2 is 1.62 bits per heavy atom. The number of halogens is 3. The Labute approximate surface area is 72.6 Å². The summed E-state index contributed by atoms with van der Waals surface area (Å²) < 4.78 is 39.8. The molecule has 0 heterocycles. The molecule has 0 amide bonds. The molecule has 0 aliphatic heterocycles. The van der Waals surface area contributed by atoms with Crippen LogP contribution < -0.4 is 4.74 Å². The monoisotopic (exact) mass is 192 g/mol. The zero-order valence-corrected chi connectivity index (χ0v) is 6.45. The molecule has 5 heteroatoms. The summed E-state index contributed by atoms with van der Waals surface area (Å²) in [6.07, 6.45) is -5.81. The van der Waals surface area contributed by atoms with Gasteiger partial charge in [-0.05, 0) is 24.3 Å². The molecule has 0 spiro atoms. The molecule has 1 rings (SSSR count). The highest BCUT2D eigenvalue weighted by Gasteiger charge is 2.20. The minimum Gasteiger partial charge on any atom is -0.508 e. The van der Waals surface area contributed by atoms with Crippen LogP contribution in [0.25, 0.3) is 0 Å². The normalized spacial score (nSPS) is 12.9. The van der Waals surface area contributed by atoms with Crippen LogP contribution in [0.15, 0.2) is 24.3 Å². The third kappa shape index (κ3) is 2.85. The fourth-order valence-electron chi connectivity index (χ4n) is 0.706. The summed E-state index contributed by atoms with van der Waals surface area (Å²) in [5.41, 5.74) is 0. The first-order valence-corrected chi connectivity index (χ1v) is 3.47. The smallest absolute Gasteiger partial charge is 0.304 e. The molecule has 0 fully saturated rings. The Morgan fingerprint density at radius 1 is 1.08 bits per heavy atom. The van der Waals surface area contributed by atoms with Crippen LogP contribution in [0.4, 0.5) is 13.2 Å². The minimum atomic E-state index is -3.17. The Balaban J connectivity index is 2.59. The summed E-state index contributed by atoms with van der Waals surface area (Å²) in [4.78, 5) is 0. The van der Waals surface area contributed by atoms with Crippen molar-refractivity contribution in [3.63, 3.8) is 0 Å². The topological polar surface area (TPSA) is 29.5 Å². The Bertz CT molecular complexity index is 261. The van der Waals surface area contributed by atoms with Crippen LogP contribution in [0.2, 0.25) is 0 Å². The molecule has 0 aliphatic carbocycles. The van der Waals surface area contributed by atoms with Crippen molar-refractivity contribution in [1.82, 2.24) is 0 Å². The molecule has 0 saturated carbocycles. The number of hydrogen-bond donors (Lipinski definition) is 1. The summed E-state index contributed by atoms with van der Waals surface area (Å²) in [5.74, 6) is -0.0922. The number of alkyl halides is 3. The van der Waals surface area contributed by atoms with Gasteiger partial charge in [0.05, 0.1) is 0 Å². The van der Waals surface area contributed by atoms with Gasteiger partial charge in [0.2, 0.25) is 0 Å². The van der Waals surface area contributed by atoms with E-state index in [4.69, 9.17) is 5.11 Å². The molecule has 13 heavy (non-hydrogen) atoms. The highest BCUT2D eigenvalue weighted by molar-refractivity contribution is 5.30. The zero-order valence-electron chi connectivity index (χ0n) is 6.45. The highest BCUT2D eigenvalue weighted by atomic mass is 19.3. The standard InChI is InChI=1S/C8H7F3O2/c9-7(10)8(11)13-6-3-1-5(12)2-4-6/h1-4,7-8,12H. The van der Waals surface area contributed by atoms with Gasteiger partial charge in [-0.1, -0.05) is 0 Å². The molecule has 0 bridgehead atoms. The molecule has 0 aromatic heterocycles. The maximum atomic E-state index is 12.3. The van der Waals surface area contributed by atoms with Gasteiger partial charge in [0.25, 0.3) is 6.36 Å². The van der Waals surface area contributed by atoms with E-state index in [1.54, 1.807) is 0 Å². The highest BCUT2D eigenvalue weighted by Crippen LogP contribution is 2.19. The lowest BCUT2D eigenvalue weighted by Crippen LogP contribution is -2.19. The average Bonchev–Trinajstić information content (AvgIpc) is 2.08. The van der Waals surface area contributed by atoms with Crippen LogP contribution >= 0.6 is 0 Å². The Hall–Kier alpha value is -1.39. The van der Waals surface area contributed by atoms with Crippen molar-refractivity contribution in [3.05, 3.63) is 24.3 Å². The number of hydrogen-bond acceptors (Lipinski definition) is 2.